The molecule has 1 unspecified atom stereocenters. The summed E-state index contributed by atoms with van der Waals surface area (Å²) in [6.45, 7) is 16.5. The van der Waals surface area contributed by atoms with Crippen molar-refractivity contribution in [2.45, 2.75) is 32.7 Å². The highest BCUT2D eigenvalue weighted by atomic mass is 28.5. The van der Waals surface area contributed by atoms with E-state index < -0.39 is 25.2 Å². The second-order valence-electron chi connectivity index (χ2n) is 7.31. The molecule has 7 heteroatoms. The number of nitrogens with zero attached hydrogens (tertiary/aromatic N) is 4. The Labute approximate surface area is 130 Å². The van der Waals surface area contributed by atoms with Gasteiger partial charge < -0.3 is 17.6 Å². The Morgan fingerprint density at radius 3 is 1.10 bits per heavy atom. The first-order valence-corrected chi connectivity index (χ1v) is 15.5. The molecule has 0 rings (SSSR count). The van der Waals surface area contributed by atoms with Gasteiger partial charge in [0, 0.05) is 0 Å². The van der Waals surface area contributed by atoms with Crippen LogP contribution in [-0.2, 0) is 0 Å². The standard InChI is InChI=1S/C13H36N4Si3/c1-13-20(12,16(6)7)17(18(8,9)14(2)3)19(10,11)15(4)5/h13H,1H2,2-12H3. The number of hydrogen-bond acceptors (Lipinski definition) is 4. The van der Waals surface area contributed by atoms with E-state index in [0.717, 1.165) is 0 Å². The Hall–Kier alpha value is 0.231. The lowest BCUT2D eigenvalue weighted by atomic mass is 11.2. The van der Waals surface area contributed by atoms with Crippen molar-refractivity contribution in [3.63, 3.8) is 0 Å². The van der Waals surface area contributed by atoms with Gasteiger partial charge in [-0.1, -0.05) is 5.70 Å². The van der Waals surface area contributed by atoms with Gasteiger partial charge in [-0.3, -0.25) is 0 Å². The largest absolute Gasteiger partial charge is 0.329 e. The van der Waals surface area contributed by atoms with Crippen molar-refractivity contribution < 1.29 is 0 Å². The van der Waals surface area contributed by atoms with E-state index in [1.807, 2.05) is 0 Å². The zero-order valence-electron chi connectivity index (χ0n) is 15.6. The van der Waals surface area contributed by atoms with Crippen molar-refractivity contribution in [3.8, 4) is 0 Å². The van der Waals surface area contributed by atoms with Gasteiger partial charge in [-0.2, -0.15) is 0 Å². The summed E-state index contributed by atoms with van der Waals surface area (Å²) in [5.74, 6) is 0. The van der Waals surface area contributed by atoms with Crippen LogP contribution in [0.25, 0.3) is 0 Å². The highest BCUT2D eigenvalue weighted by Crippen LogP contribution is 2.31. The van der Waals surface area contributed by atoms with Crippen LogP contribution < -0.4 is 0 Å². The molecule has 0 aromatic heterocycles. The Morgan fingerprint density at radius 1 is 0.650 bits per heavy atom. The highest BCUT2D eigenvalue weighted by Gasteiger charge is 2.53. The van der Waals surface area contributed by atoms with Gasteiger partial charge in [-0.05, 0) is 75.0 Å². The third kappa shape index (κ3) is 3.52. The first-order valence-electron chi connectivity index (χ1n) is 7.22. The molecule has 4 nitrogen and oxygen atoms in total. The maximum Gasteiger partial charge on any atom is 0.216 e. The topological polar surface area (TPSA) is 13.0 Å². The van der Waals surface area contributed by atoms with Gasteiger partial charge in [-0.25, -0.2) is 0 Å². The summed E-state index contributed by atoms with van der Waals surface area (Å²) in [5, 5.41) is 0. The first kappa shape index (κ1) is 20.2. The lowest BCUT2D eigenvalue weighted by molar-refractivity contribution is 0.493. The number of rotatable bonds is 7. The van der Waals surface area contributed by atoms with E-state index in [0.29, 0.717) is 0 Å². The molecule has 0 bridgehead atoms. The second-order valence-corrected chi connectivity index (χ2v) is 21.2. The van der Waals surface area contributed by atoms with Gasteiger partial charge in [0.25, 0.3) is 0 Å². The predicted octanol–water partition coefficient (Wildman–Crippen LogP) is 2.17. The Bertz CT molecular complexity index is 323. The molecule has 0 saturated carbocycles. The summed E-state index contributed by atoms with van der Waals surface area (Å²) in [6.07, 6.45) is 0. The molecule has 0 aliphatic rings. The Morgan fingerprint density at radius 2 is 0.950 bits per heavy atom. The van der Waals surface area contributed by atoms with Crippen LogP contribution in [0.5, 0.6) is 0 Å². The molecule has 0 aliphatic carbocycles. The van der Waals surface area contributed by atoms with Gasteiger partial charge >= 0.3 is 0 Å². The summed E-state index contributed by atoms with van der Waals surface area (Å²) < 4.78 is 10.3. The van der Waals surface area contributed by atoms with Crippen LogP contribution in [0.3, 0.4) is 0 Å². The molecule has 0 aliphatic heterocycles. The second kappa shape index (κ2) is 6.55. The monoisotopic (exact) mass is 332 g/mol. The van der Waals surface area contributed by atoms with E-state index in [1.54, 1.807) is 0 Å². The molecule has 1 atom stereocenters. The normalized spacial score (nSPS) is 17.1. The molecule has 0 aromatic carbocycles. The molecule has 20 heavy (non-hydrogen) atoms. The third-order valence-electron chi connectivity index (χ3n) is 5.03. The van der Waals surface area contributed by atoms with Gasteiger partial charge in [0.2, 0.25) is 8.40 Å². The fourth-order valence-electron chi connectivity index (χ4n) is 2.65. The van der Waals surface area contributed by atoms with Crippen LogP contribution in [0.15, 0.2) is 12.3 Å². The molecular weight excluding hydrogens is 296 g/mol. The molecule has 0 radical (unpaired) electrons. The smallest absolute Gasteiger partial charge is 0.216 e. The van der Waals surface area contributed by atoms with Crippen LogP contribution in [0.1, 0.15) is 0 Å². The van der Waals surface area contributed by atoms with Crippen molar-refractivity contribution in [1.82, 2.24) is 17.6 Å². The summed E-state index contributed by atoms with van der Waals surface area (Å²) >= 11 is 0. The third-order valence-corrected chi connectivity index (χ3v) is 24.4. The van der Waals surface area contributed by atoms with Crippen molar-refractivity contribution in [2.75, 3.05) is 42.3 Å². The molecule has 0 fully saturated rings. The van der Waals surface area contributed by atoms with Crippen molar-refractivity contribution in [1.29, 1.82) is 0 Å². The van der Waals surface area contributed by atoms with E-state index in [9.17, 15) is 0 Å². The molecule has 0 saturated heterocycles. The number of hydrogen-bond donors (Lipinski definition) is 0. The molecular formula is C13H36N4Si3. The van der Waals surface area contributed by atoms with Crippen LogP contribution in [0.4, 0.5) is 0 Å². The summed E-state index contributed by atoms with van der Waals surface area (Å²) in [7, 11) is 8.10. The average molecular weight is 333 g/mol. The fourth-order valence-corrected chi connectivity index (χ4v) is 22.8. The lowest BCUT2D eigenvalue weighted by Gasteiger charge is -2.59. The highest BCUT2D eigenvalue weighted by molar-refractivity contribution is 7.04. The van der Waals surface area contributed by atoms with E-state index in [-0.39, 0.29) is 0 Å². The maximum atomic E-state index is 4.21. The van der Waals surface area contributed by atoms with E-state index in [2.05, 4.69) is 105 Å². The van der Waals surface area contributed by atoms with Crippen molar-refractivity contribution in [2.24, 2.45) is 0 Å². The minimum absolute atomic E-state index is 1.69. The molecule has 120 valence electrons. The predicted molar refractivity (Wildman–Crippen MR) is 99.7 cm³/mol. The molecule has 0 N–H and O–H groups in total. The zero-order valence-corrected chi connectivity index (χ0v) is 18.6. The van der Waals surface area contributed by atoms with Crippen LogP contribution in [0.2, 0.25) is 32.7 Å². The first-order chi connectivity index (χ1) is 8.76. The average Bonchev–Trinajstić information content (AvgIpc) is 2.27. The van der Waals surface area contributed by atoms with Crippen LogP contribution in [0, 0.1) is 0 Å². The zero-order chi connectivity index (χ0) is 16.5. The van der Waals surface area contributed by atoms with E-state index in [4.69, 9.17) is 0 Å². The summed E-state index contributed by atoms with van der Waals surface area (Å²) in [6, 6.07) is 0. The van der Waals surface area contributed by atoms with E-state index >= 15 is 0 Å². The SMILES string of the molecule is C=C[Si](C)(N(C)C)N([Si](C)(C)N(C)C)[Si](C)(C)N(C)C. The van der Waals surface area contributed by atoms with Gasteiger partial charge in [-0.15, -0.1) is 6.58 Å². The van der Waals surface area contributed by atoms with E-state index in [1.165, 1.54) is 0 Å². The Balaban J connectivity index is 6.18. The summed E-state index contributed by atoms with van der Waals surface area (Å²) in [4.78, 5) is 0. The van der Waals surface area contributed by atoms with Crippen molar-refractivity contribution in [3.05, 3.63) is 12.3 Å². The maximum absolute atomic E-state index is 4.21. The fraction of sp³-hybridized carbons (Fsp3) is 0.846. The van der Waals surface area contributed by atoms with Gasteiger partial charge in [0.15, 0.2) is 16.8 Å². The molecule has 0 heterocycles. The molecule has 0 spiro atoms. The molecule has 0 aromatic rings. The quantitative estimate of drug-likeness (QED) is 0.662. The molecule has 0 amide bonds. The van der Waals surface area contributed by atoms with Crippen molar-refractivity contribution >= 4 is 25.2 Å². The van der Waals surface area contributed by atoms with Gasteiger partial charge in [0.1, 0.15) is 0 Å². The van der Waals surface area contributed by atoms with Crippen LogP contribution in [-0.4, -0.2) is 85.1 Å². The minimum atomic E-state index is -1.86. The van der Waals surface area contributed by atoms with Gasteiger partial charge in [0.05, 0.1) is 0 Å². The Kier molecular flexibility index (Phi) is 6.63. The summed E-state index contributed by atoms with van der Waals surface area (Å²) in [5.41, 5.74) is 2.24. The van der Waals surface area contributed by atoms with Crippen LogP contribution >= 0.6 is 0 Å². The lowest BCUT2D eigenvalue weighted by Crippen LogP contribution is -2.82. The minimum Gasteiger partial charge on any atom is -0.329 e.